The van der Waals surface area contributed by atoms with Crippen LogP contribution in [0.5, 0.6) is 0 Å². The molecule has 0 amide bonds. The third-order valence-electron chi connectivity index (χ3n) is 5.63. The summed E-state index contributed by atoms with van der Waals surface area (Å²) in [5.41, 5.74) is 2.60. The van der Waals surface area contributed by atoms with Crippen molar-refractivity contribution in [3.63, 3.8) is 0 Å². The SMILES string of the molecule is C=C1CC[C@H]2C(C)(C)CCC[C@]2(C)[C@H]1C. The molecule has 86 valence electrons. The van der Waals surface area contributed by atoms with E-state index in [0.717, 1.165) is 11.8 Å². The molecule has 0 aromatic rings. The summed E-state index contributed by atoms with van der Waals surface area (Å²) >= 11 is 0. The molecule has 2 aliphatic carbocycles. The number of fused-ring (bicyclic) bond motifs is 1. The molecule has 3 atom stereocenters. The Hall–Kier alpha value is -0.260. The molecule has 2 saturated carbocycles. The fraction of sp³-hybridized carbons (Fsp3) is 0.867. The predicted molar refractivity (Wildman–Crippen MR) is 66.8 cm³/mol. The summed E-state index contributed by atoms with van der Waals surface area (Å²) in [5, 5.41) is 0. The standard InChI is InChI=1S/C15H26/c1-11-7-8-13-14(3,4)9-6-10-15(13,5)12(11)2/h12-13H,1,6-10H2,2-5H3/t12-,13-,15+/m0/s1. The Morgan fingerprint density at radius 1 is 1.20 bits per heavy atom. The number of hydrogen-bond acceptors (Lipinski definition) is 0. The smallest absolute Gasteiger partial charge is 0.0177 e. The van der Waals surface area contributed by atoms with Crippen LogP contribution in [0.1, 0.15) is 59.8 Å². The fourth-order valence-corrected chi connectivity index (χ4v) is 4.42. The summed E-state index contributed by atoms with van der Waals surface area (Å²) in [5.74, 6) is 1.65. The van der Waals surface area contributed by atoms with E-state index in [1.807, 2.05) is 0 Å². The quantitative estimate of drug-likeness (QED) is 0.499. The van der Waals surface area contributed by atoms with Gasteiger partial charge in [0.2, 0.25) is 0 Å². The van der Waals surface area contributed by atoms with Crippen molar-refractivity contribution in [1.82, 2.24) is 0 Å². The van der Waals surface area contributed by atoms with E-state index < -0.39 is 0 Å². The first-order valence-corrected chi connectivity index (χ1v) is 6.55. The van der Waals surface area contributed by atoms with Gasteiger partial charge >= 0.3 is 0 Å². The maximum absolute atomic E-state index is 4.28. The van der Waals surface area contributed by atoms with Gasteiger partial charge in [-0.3, -0.25) is 0 Å². The summed E-state index contributed by atoms with van der Waals surface area (Å²) in [6, 6.07) is 0. The van der Waals surface area contributed by atoms with Gasteiger partial charge in [-0.1, -0.05) is 46.3 Å². The minimum absolute atomic E-state index is 0.539. The van der Waals surface area contributed by atoms with Gasteiger partial charge < -0.3 is 0 Å². The van der Waals surface area contributed by atoms with E-state index in [-0.39, 0.29) is 0 Å². The van der Waals surface area contributed by atoms with Gasteiger partial charge in [-0.25, -0.2) is 0 Å². The van der Waals surface area contributed by atoms with Gasteiger partial charge in [0.1, 0.15) is 0 Å². The predicted octanol–water partition coefficient (Wildman–Crippen LogP) is 4.81. The molecule has 0 saturated heterocycles. The highest BCUT2D eigenvalue weighted by Crippen LogP contribution is 2.60. The molecule has 0 heteroatoms. The van der Waals surface area contributed by atoms with Crippen LogP contribution in [0.4, 0.5) is 0 Å². The molecular weight excluding hydrogens is 180 g/mol. The van der Waals surface area contributed by atoms with Crippen LogP contribution >= 0.6 is 0 Å². The minimum Gasteiger partial charge on any atom is -0.0996 e. The molecule has 2 aliphatic rings. The van der Waals surface area contributed by atoms with Crippen molar-refractivity contribution in [3.05, 3.63) is 12.2 Å². The lowest BCUT2D eigenvalue weighted by molar-refractivity contribution is -0.0467. The van der Waals surface area contributed by atoms with Gasteiger partial charge in [0.05, 0.1) is 0 Å². The second kappa shape index (κ2) is 3.37. The molecule has 0 heterocycles. The van der Waals surface area contributed by atoms with Crippen molar-refractivity contribution in [2.24, 2.45) is 22.7 Å². The van der Waals surface area contributed by atoms with Crippen molar-refractivity contribution in [2.45, 2.75) is 59.8 Å². The monoisotopic (exact) mass is 206 g/mol. The maximum Gasteiger partial charge on any atom is -0.0177 e. The Balaban J connectivity index is 2.33. The van der Waals surface area contributed by atoms with Crippen LogP contribution in [0.25, 0.3) is 0 Å². The molecule has 0 aromatic heterocycles. The molecule has 0 spiro atoms. The average molecular weight is 206 g/mol. The van der Waals surface area contributed by atoms with Crippen LogP contribution < -0.4 is 0 Å². The molecule has 0 unspecified atom stereocenters. The summed E-state index contributed by atoms with van der Waals surface area (Å²) < 4.78 is 0. The van der Waals surface area contributed by atoms with Crippen LogP contribution in [0.15, 0.2) is 12.2 Å². The van der Waals surface area contributed by atoms with Crippen molar-refractivity contribution in [2.75, 3.05) is 0 Å². The first-order chi connectivity index (χ1) is 6.88. The first-order valence-electron chi connectivity index (χ1n) is 6.55. The number of allylic oxidation sites excluding steroid dienone is 1. The van der Waals surface area contributed by atoms with Crippen molar-refractivity contribution in [3.8, 4) is 0 Å². The first kappa shape index (κ1) is 11.2. The van der Waals surface area contributed by atoms with Crippen LogP contribution in [-0.4, -0.2) is 0 Å². The van der Waals surface area contributed by atoms with Crippen molar-refractivity contribution in [1.29, 1.82) is 0 Å². The van der Waals surface area contributed by atoms with Gasteiger partial charge in [0.15, 0.2) is 0 Å². The largest absolute Gasteiger partial charge is 0.0996 e. The van der Waals surface area contributed by atoms with E-state index in [1.54, 1.807) is 0 Å². The van der Waals surface area contributed by atoms with Crippen LogP contribution in [0.3, 0.4) is 0 Å². The van der Waals surface area contributed by atoms with Crippen LogP contribution in [-0.2, 0) is 0 Å². The number of rotatable bonds is 0. The summed E-state index contributed by atoms with van der Waals surface area (Å²) in [6.07, 6.45) is 6.91. The Morgan fingerprint density at radius 3 is 2.53 bits per heavy atom. The molecular formula is C15H26. The van der Waals surface area contributed by atoms with E-state index in [9.17, 15) is 0 Å². The Morgan fingerprint density at radius 2 is 1.87 bits per heavy atom. The normalized spacial score (nSPS) is 44.9. The molecule has 0 N–H and O–H groups in total. The zero-order valence-corrected chi connectivity index (χ0v) is 10.9. The second-order valence-electron chi connectivity index (χ2n) is 6.82. The third kappa shape index (κ3) is 1.57. The van der Waals surface area contributed by atoms with Gasteiger partial charge in [0, 0.05) is 0 Å². The summed E-state index contributed by atoms with van der Waals surface area (Å²) in [4.78, 5) is 0. The average Bonchev–Trinajstić information content (AvgIpc) is 2.12. The molecule has 15 heavy (non-hydrogen) atoms. The highest BCUT2D eigenvalue weighted by atomic mass is 14.6. The second-order valence-corrected chi connectivity index (χ2v) is 6.82. The molecule has 2 rings (SSSR count). The summed E-state index contributed by atoms with van der Waals surface area (Å²) in [6.45, 7) is 14.2. The van der Waals surface area contributed by atoms with E-state index in [2.05, 4.69) is 34.3 Å². The topological polar surface area (TPSA) is 0 Å². The van der Waals surface area contributed by atoms with E-state index >= 15 is 0 Å². The highest BCUT2D eigenvalue weighted by molar-refractivity contribution is 5.14. The highest BCUT2D eigenvalue weighted by Gasteiger charge is 2.51. The molecule has 0 radical (unpaired) electrons. The zero-order chi connectivity index (χ0) is 11.3. The van der Waals surface area contributed by atoms with Crippen molar-refractivity contribution >= 4 is 0 Å². The minimum atomic E-state index is 0.539. The maximum atomic E-state index is 4.28. The summed E-state index contributed by atoms with van der Waals surface area (Å²) in [7, 11) is 0. The van der Waals surface area contributed by atoms with Gasteiger partial charge in [-0.05, 0) is 48.3 Å². The van der Waals surface area contributed by atoms with E-state index in [4.69, 9.17) is 0 Å². The molecule has 0 bridgehead atoms. The lowest BCUT2D eigenvalue weighted by Gasteiger charge is -2.57. The molecule has 2 fully saturated rings. The third-order valence-corrected chi connectivity index (χ3v) is 5.63. The molecule has 0 nitrogen and oxygen atoms in total. The van der Waals surface area contributed by atoms with E-state index in [1.165, 1.54) is 37.7 Å². The van der Waals surface area contributed by atoms with Gasteiger partial charge in [-0.15, -0.1) is 0 Å². The Kier molecular flexibility index (Phi) is 2.52. The number of hydrogen-bond donors (Lipinski definition) is 0. The lowest BCUT2D eigenvalue weighted by Crippen LogP contribution is -2.48. The zero-order valence-electron chi connectivity index (χ0n) is 10.9. The van der Waals surface area contributed by atoms with Gasteiger partial charge in [-0.2, -0.15) is 0 Å². The van der Waals surface area contributed by atoms with E-state index in [0.29, 0.717) is 10.8 Å². The molecule has 0 aromatic carbocycles. The van der Waals surface area contributed by atoms with Crippen LogP contribution in [0, 0.1) is 22.7 Å². The van der Waals surface area contributed by atoms with Crippen molar-refractivity contribution < 1.29 is 0 Å². The van der Waals surface area contributed by atoms with Crippen LogP contribution in [0.2, 0.25) is 0 Å². The molecule has 0 aliphatic heterocycles. The van der Waals surface area contributed by atoms with Gasteiger partial charge in [0.25, 0.3) is 0 Å². The lowest BCUT2D eigenvalue weighted by atomic mass is 9.48. The Labute approximate surface area is 95.1 Å². The Bertz CT molecular complexity index is 274. The fourth-order valence-electron chi connectivity index (χ4n) is 4.42.